The van der Waals surface area contributed by atoms with E-state index in [1.807, 2.05) is 12.3 Å². The molecule has 0 aliphatic heterocycles. The lowest BCUT2D eigenvalue weighted by Gasteiger charge is -2.13. The Hall–Kier alpha value is -1.79. The minimum atomic E-state index is -0.216. The van der Waals surface area contributed by atoms with Gasteiger partial charge in [0.2, 0.25) is 0 Å². The number of amides is 1. The second kappa shape index (κ2) is 7.47. The molecule has 0 aliphatic rings. The van der Waals surface area contributed by atoms with Crippen molar-refractivity contribution in [2.45, 2.75) is 12.8 Å². The normalized spacial score (nSPS) is 11.8. The minimum Gasteiger partial charge on any atom is -0.493 e. The van der Waals surface area contributed by atoms with Gasteiger partial charge in [-0.1, -0.05) is 18.5 Å². The summed E-state index contributed by atoms with van der Waals surface area (Å²) in [5.74, 6) is 0.774. The molecule has 1 N–H and O–H groups in total. The average molecular weight is 341 g/mol. The Kier molecular flexibility index (Phi) is 5.63. The van der Waals surface area contributed by atoms with E-state index in [4.69, 9.17) is 21.1 Å². The summed E-state index contributed by atoms with van der Waals surface area (Å²) < 4.78 is 10.3. The van der Waals surface area contributed by atoms with Crippen molar-refractivity contribution in [3.8, 4) is 11.5 Å². The zero-order chi connectivity index (χ0) is 16.1. The van der Waals surface area contributed by atoms with Gasteiger partial charge in [-0.15, -0.1) is 11.3 Å². The van der Waals surface area contributed by atoms with E-state index < -0.39 is 0 Å². The molecule has 5 nitrogen and oxygen atoms in total. The monoisotopic (exact) mass is 340 g/mol. The number of halogens is 1. The number of hydrogen-bond acceptors (Lipinski definition) is 5. The fraction of sp³-hybridized carbons (Fsp3) is 0.333. The first-order chi connectivity index (χ1) is 10.6. The lowest BCUT2D eigenvalue weighted by atomic mass is 10.1. The van der Waals surface area contributed by atoms with E-state index in [0.717, 1.165) is 5.01 Å². The highest BCUT2D eigenvalue weighted by molar-refractivity contribution is 7.09. The van der Waals surface area contributed by atoms with E-state index in [2.05, 4.69) is 10.3 Å². The van der Waals surface area contributed by atoms with E-state index in [1.165, 1.54) is 14.2 Å². The van der Waals surface area contributed by atoms with Crippen molar-refractivity contribution >= 4 is 28.8 Å². The zero-order valence-corrected chi connectivity index (χ0v) is 14.1. The lowest BCUT2D eigenvalue weighted by molar-refractivity contribution is 0.0951. The second-order valence-corrected chi connectivity index (χ2v) is 6.01. The van der Waals surface area contributed by atoms with Crippen molar-refractivity contribution in [1.82, 2.24) is 10.3 Å². The number of methoxy groups -OCH3 is 2. The van der Waals surface area contributed by atoms with E-state index in [1.54, 1.807) is 29.7 Å². The van der Waals surface area contributed by atoms with Crippen molar-refractivity contribution in [3.63, 3.8) is 0 Å². The first-order valence-electron chi connectivity index (χ1n) is 6.66. The quantitative estimate of drug-likeness (QED) is 0.876. The van der Waals surface area contributed by atoms with Gasteiger partial charge in [0.15, 0.2) is 11.5 Å². The second-order valence-electron chi connectivity index (χ2n) is 4.67. The van der Waals surface area contributed by atoms with Crippen LogP contribution in [-0.4, -0.2) is 31.7 Å². The van der Waals surface area contributed by atoms with Crippen LogP contribution in [0.5, 0.6) is 11.5 Å². The molecule has 1 atom stereocenters. The number of carbonyl (C=O) groups is 1. The predicted molar refractivity (Wildman–Crippen MR) is 87.4 cm³/mol. The van der Waals surface area contributed by atoms with Gasteiger partial charge in [-0.3, -0.25) is 4.79 Å². The van der Waals surface area contributed by atoms with Gasteiger partial charge in [-0.05, 0) is 12.1 Å². The molecular weight excluding hydrogens is 324 g/mol. The average Bonchev–Trinajstić information content (AvgIpc) is 3.05. The van der Waals surface area contributed by atoms with Gasteiger partial charge in [0.25, 0.3) is 5.91 Å². The number of thiazole rings is 1. The third-order valence-electron chi connectivity index (χ3n) is 3.14. The lowest BCUT2D eigenvalue weighted by Crippen LogP contribution is -2.27. The van der Waals surface area contributed by atoms with Crippen molar-refractivity contribution in [2.75, 3.05) is 20.8 Å². The van der Waals surface area contributed by atoms with E-state index in [-0.39, 0.29) is 11.8 Å². The predicted octanol–water partition coefficient (Wildman–Crippen LogP) is 3.35. The summed E-state index contributed by atoms with van der Waals surface area (Å²) >= 11 is 7.68. The number of hydrogen-bond donors (Lipinski definition) is 1. The van der Waals surface area contributed by atoms with Crippen LogP contribution >= 0.6 is 22.9 Å². The number of nitrogens with one attached hydrogen (secondary N) is 1. The molecule has 0 saturated carbocycles. The van der Waals surface area contributed by atoms with Crippen LogP contribution < -0.4 is 14.8 Å². The van der Waals surface area contributed by atoms with Crippen LogP contribution in [0.2, 0.25) is 5.02 Å². The molecule has 2 aromatic rings. The van der Waals surface area contributed by atoms with Gasteiger partial charge < -0.3 is 14.8 Å². The molecule has 1 aromatic heterocycles. The summed E-state index contributed by atoms with van der Waals surface area (Å²) in [5, 5.41) is 6.12. The molecule has 1 amide bonds. The molecule has 0 spiro atoms. The molecule has 0 bridgehead atoms. The zero-order valence-electron chi connectivity index (χ0n) is 12.6. The van der Waals surface area contributed by atoms with Gasteiger partial charge in [-0.2, -0.15) is 0 Å². The molecule has 2 rings (SSSR count). The Morgan fingerprint density at radius 3 is 2.77 bits per heavy atom. The van der Waals surface area contributed by atoms with Gasteiger partial charge in [0, 0.05) is 29.6 Å². The highest BCUT2D eigenvalue weighted by Crippen LogP contribution is 2.36. The van der Waals surface area contributed by atoms with Crippen LogP contribution in [0, 0.1) is 0 Å². The summed E-state index contributed by atoms with van der Waals surface area (Å²) in [6.45, 7) is 2.51. The fourth-order valence-electron chi connectivity index (χ4n) is 1.96. The molecule has 0 radical (unpaired) electrons. The highest BCUT2D eigenvalue weighted by Gasteiger charge is 2.16. The topological polar surface area (TPSA) is 60.5 Å². The number of ether oxygens (including phenoxy) is 2. The highest BCUT2D eigenvalue weighted by atomic mass is 35.5. The summed E-state index contributed by atoms with van der Waals surface area (Å²) in [5.41, 5.74) is 0.425. The molecule has 0 fully saturated rings. The van der Waals surface area contributed by atoms with Crippen molar-refractivity contribution in [2.24, 2.45) is 0 Å². The number of benzene rings is 1. The van der Waals surface area contributed by atoms with E-state index >= 15 is 0 Å². The third kappa shape index (κ3) is 3.69. The smallest absolute Gasteiger partial charge is 0.251 e. The Morgan fingerprint density at radius 1 is 1.41 bits per heavy atom. The molecule has 22 heavy (non-hydrogen) atoms. The molecule has 0 saturated heterocycles. The first kappa shape index (κ1) is 16.6. The number of rotatable bonds is 6. The summed E-state index contributed by atoms with van der Waals surface area (Å²) in [6, 6.07) is 3.17. The van der Waals surface area contributed by atoms with Crippen molar-refractivity contribution in [1.29, 1.82) is 0 Å². The molecule has 118 valence electrons. The fourth-order valence-corrected chi connectivity index (χ4v) is 2.95. The minimum absolute atomic E-state index is 0.152. The summed E-state index contributed by atoms with van der Waals surface area (Å²) in [4.78, 5) is 16.5. The number of carbonyl (C=O) groups excluding carboxylic acids is 1. The van der Waals surface area contributed by atoms with Gasteiger partial charge in [-0.25, -0.2) is 4.98 Å². The van der Waals surface area contributed by atoms with Crippen molar-refractivity contribution < 1.29 is 14.3 Å². The molecule has 1 heterocycles. The molecule has 0 aliphatic carbocycles. The van der Waals surface area contributed by atoms with Crippen molar-refractivity contribution in [3.05, 3.63) is 39.3 Å². The van der Waals surface area contributed by atoms with Crippen LogP contribution in [0.15, 0.2) is 23.7 Å². The van der Waals surface area contributed by atoms with Crippen LogP contribution in [0.1, 0.15) is 28.2 Å². The molecule has 7 heteroatoms. The standard InChI is InChI=1S/C15H17ClN2O3S/c1-9(15-17-4-5-22-15)8-18-14(19)10-6-11(16)13(21-3)12(7-10)20-2/h4-7,9H,8H2,1-3H3,(H,18,19)/t9-/m1/s1. The largest absolute Gasteiger partial charge is 0.493 e. The van der Waals surface area contributed by atoms with Gasteiger partial charge >= 0.3 is 0 Å². The third-order valence-corrected chi connectivity index (χ3v) is 4.43. The number of aromatic nitrogens is 1. The number of nitrogens with zero attached hydrogens (tertiary/aromatic N) is 1. The first-order valence-corrected chi connectivity index (χ1v) is 7.91. The Bertz CT molecular complexity index is 646. The molecular formula is C15H17ClN2O3S. The van der Waals surface area contributed by atoms with Crippen LogP contribution in [0.25, 0.3) is 0 Å². The van der Waals surface area contributed by atoms with Gasteiger partial charge in [0.1, 0.15) is 0 Å². The summed E-state index contributed by atoms with van der Waals surface area (Å²) in [7, 11) is 3.00. The Morgan fingerprint density at radius 2 is 2.18 bits per heavy atom. The van der Waals surface area contributed by atoms with Gasteiger partial charge in [0.05, 0.1) is 24.2 Å². The Balaban J connectivity index is 2.08. The summed E-state index contributed by atoms with van der Waals surface area (Å²) in [6.07, 6.45) is 1.76. The van der Waals surface area contributed by atoms with E-state index in [9.17, 15) is 4.79 Å². The maximum Gasteiger partial charge on any atom is 0.251 e. The van der Waals surface area contributed by atoms with Crippen LogP contribution in [-0.2, 0) is 0 Å². The SMILES string of the molecule is COc1cc(C(=O)NC[C@@H](C)c2nccs2)cc(Cl)c1OC. The maximum atomic E-state index is 12.3. The molecule has 1 aromatic carbocycles. The molecule has 0 unspecified atom stereocenters. The van der Waals surface area contributed by atoms with Crippen LogP contribution in [0.4, 0.5) is 0 Å². The maximum absolute atomic E-state index is 12.3. The van der Waals surface area contributed by atoms with E-state index in [0.29, 0.717) is 28.6 Å². The Labute approximate surface area is 138 Å². The van der Waals surface area contributed by atoms with Crippen LogP contribution in [0.3, 0.4) is 0 Å².